The molecule has 4 heteroatoms. The van der Waals surface area contributed by atoms with Gasteiger partial charge in [0.2, 0.25) is 0 Å². The highest BCUT2D eigenvalue weighted by Gasteiger charge is 2.02. The number of rotatable bonds is 3. The Morgan fingerprint density at radius 3 is 2.44 bits per heavy atom. The van der Waals surface area contributed by atoms with Gasteiger partial charge in [0, 0.05) is 15.5 Å². The van der Waals surface area contributed by atoms with Crippen LogP contribution in [0.1, 0.15) is 13.8 Å². The molecule has 0 fully saturated rings. The topological polar surface area (TPSA) is 32.9 Å². The minimum absolute atomic E-state index is 0.00404. The third-order valence-corrected chi connectivity index (χ3v) is 3.74. The van der Waals surface area contributed by atoms with Gasteiger partial charge in [0.1, 0.15) is 0 Å². The Kier molecular flexibility index (Phi) is 3.51. The van der Waals surface area contributed by atoms with Crippen LogP contribution >= 0.6 is 23.1 Å². The monoisotopic (exact) mass is 251 g/mol. The van der Waals surface area contributed by atoms with E-state index in [4.69, 9.17) is 0 Å². The van der Waals surface area contributed by atoms with Gasteiger partial charge in [0.25, 0.3) is 0 Å². The first-order chi connectivity index (χ1) is 7.65. The van der Waals surface area contributed by atoms with Crippen molar-refractivity contribution in [2.75, 3.05) is 0 Å². The smallest absolute Gasteiger partial charge is 0.304 e. The summed E-state index contributed by atoms with van der Waals surface area (Å²) in [4.78, 5) is 15.1. The lowest BCUT2D eigenvalue weighted by Crippen LogP contribution is -1.92. The highest BCUT2D eigenvalue weighted by molar-refractivity contribution is 7.99. The van der Waals surface area contributed by atoms with Crippen LogP contribution in [0.15, 0.2) is 39.3 Å². The Morgan fingerprint density at radius 2 is 1.94 bits per heavy atom. The van der Waals surface area contributed by atoms with Crippen LogP contribution in [-0.2, 0) is 0 Å². The molecule has 1 aromatic heterocycles. The summed E-state index contributed by atoms with van der Waals surface area (Å²) in [7, 11) is 0. The molecular formula is C12H13NOS2. The zero-order chi connectivity index (χ0) is 11.5. The van der Waals surface area contributed by atoms with Gasteiger partial charge in [-0.1, -0.05) is 37.3 Å². The van der Waals surface area contributed by atoms with E-state index in [0.717, 1.165) is 11.3 Å². The van der Waals surface area contributed by atoms with E-state index in [1.807, 2.05) is 29.3 Å². The number of H-pyrrole nitrogens is 1. The number of aromatic amines is 1. The van der Waals surface area contributed by atoms with Crippen LogP contribution in [0.25, 0.3) is 11.3 Å². The molecule has 16 heavy (non-hydrogen) atoms. The standard InChI is InChI=1S/C12H13NOS2/c1-8(2)16-10-5-3-9(4-6-10)11-7-15-12(14)13-11/h3-8H,1-2H3,(H,13,14). The second-order valence-corrected chi connectivity index (χ2v) is 6.24. The van der Waals surface area contributed by atoms with Gasteiger partial charge in [-0.15, -0.1) is 11.8 Å². The fraction of sp³-hybridized carbons (Fsp3) is 0.250. The molecule has 0 amide bonds. The van der Waals surface area contributed by atoms with Gasteiger partial charge in [-0.2, -0.15) is 0 Å². The molecule has 0 bridgehead atoms. The number of hydrogen-bond donors (Lipinski definition) is 1. The van der Waals surface area contributed by atoms with E-state index in [1.54, 1.807) is 0 Å². The molecule has 0 aliphatic carbocycles. The molecule has 0 atom stereocenters. The van der Waals surface area contributed by atoms with Crippen molar-refractivity contribution in [3.63, 3.8) is 0 Å². The van der Waals surface area contributed by atoms with E-state index in [9.17, 15) is 4.79 Å². The minimum Gasteiger partial charge on any atom is -0.312 e. The van der Waals surface area contributed by atoms with Crippen LogP contribution < -0.4 is 4.87 Å². The number of thiazole rings is 1. The molecule has 0 spiro atoms. The van der Waals surface area contributed by atoms with Crippen molar-refractivity contribution in [2.45, 2.75) is 24.0 Å². The van der Waals surface area contributed by atoms with Crippen LogP contribution in [0, 0.1) is 0 Å². The van der Waals surface area contributed by atoms with Crippen molar-refractivity contribution in [1.29, 1.82) is 0 Å². The molecule has 0 aliphatic heterocycles. The lowest BCUT2D eigenvalue weighted by atomic mass is 10.2. The fourth-order valence-electron chi connectivity index (χ4n) is 1.41. The van der Waals surface area contributed by atoms with E-state index in [-0.39, 0.29) is 4.87 Å². The summed E-state index contributed by atoms with van der Waals surface area (Å²) < 4.78 is 0. The van der Waals surface area contributed by atoms with Gasteiger partial charge >= 0.3 is 4.87 Å². The molecule has 1 N–H and O–H groups in total. The SMILES string of the molecule is CC(C)Sc1ccc(-c2csc(=O)[nH]2)cc1. The Bertz CT molecular complexity index is 510. The largest absolute Gasteiger partial charge is 0.312 e. The summed E-state index contributed by atoms with van der Waals surface area (Å²) in [5.74, 6) is 0. The highest BCUT2D eigenvalue weighted by Crippen LogP contribution is 2.25. The molecule has 0 saturated carbocycles. The van der Waals surface area contributed by atoms with Crippen molar-refractivity contribution in [3.05, 3.63) is 39.3 Å². The van der Waals surface area contributed by atoms with E-state index in [1.165, 1.54) is 16.2 Å². The average molecular weight is 251 g/mol. The Labute approximate surface area is 103 Å². The molecule has 0 aliphatic rings. The molecule has 84 valence electrons. The molecule has 1 heterocycles. The number of thioether (sulfide) groups is 1. The summed E-state index contributed by atoms with van der Waals surface area (Å²) in [5, 5.41) is 2.44. The maximum absolute atomic E-state index is 11.0. The number of nitrogens with one attached hydrogen (secondary N) is 1. The molecule has 0 radical (unpaired) electrons. The molecular weight excluding hydrogens is 238 g/mol. The third-order valence-electron chi connectivity index (χ3n) is 2.06. The quantitative estimate of drug-likeness (QED) is 0.845. The molecule has 0 unspecified atom stereocenters. The van der Waals surface area contributed by atoms with E-state index >= 15 is 0 Å². The van der Waals surface area contributed by atoms with E-state index < -0.39 is 0 Å². The van der Waals surface area contributed by atoms with Gasteiger partial charge in [0.05, 0.1) is 5.69 Å². The molecule has 1 aromatic carbocycles. The lowest BCUT2D eigenvalue weighted by Gasteiger charge is -2.05. The van der Waals surface area contributed by atoms with Crippen LogP contribution in [0.4, 0.5) is 0 Å². The van der Waals surface area contributed by atoms with Gasteiger partial charge in [-0.05, 0) is 17.7 Å². The summed E-state index contributed by atoms with van der Waals surface area (Å²) in [5.41, 5.74) is 1.96. The Balaban J connectivity index is 2.22. The van der Waals surface area contributed by atoms with Crippen LogP contribution in [0.3, 0.4) is 0 Å². The zero-order valence-electron chi connectivity index (χ0n) is 9.19. The second-order valence-electron chi connectivity index (χ2n) is 3.75. The predicted molar refractivity (Wildman–Crippen MR) is 71.4 cm³/mol. The van der Waals surface area contributed by atoms with Crippen molar-refractivity contribution >= 4 is 23.1 Å². The minimum atomic E-state index is -0.00404. The number of benzene rings is 1. The highest BCUT2D eigenvalue weighted by atomic mass is 32.2. The predicted octanol–water partition coefficient (Wildman–Crippen LogP) is 3.60. The lowest BCUT2D eigenvalue weighted by molar-refractivity contribution is 1.11. The fourth-order valence-corrected chi connectivity index (χ4v) is 2.83. The maximum atomic E-state index is 11.0. The number of hydrogen-bond acceptors (Lipinski definition) is 3. The zero-order valence-corrected chi connectivity index (χ0v) is 10.8. The summed E-state index contributed by atoms with van der Waals surface area (Å²) >= 11 is 3.04. The van der Waals surface area contributed by atoms with E-state index in [0.29, 0.717) is 5.25 Å². The molecule has 0 saturated heterocycles. The van der Waals surface area contributed by atoms with Crippen molar-refractivity contribution in [1.82, 2.24) is 4.98 Å². The van der Waals surface area contributed by atoms with Gasteiger partial charge in [-0.3, -0.25) is 4.79 Å². The van der Waals surface area contributed by atoms with Crippen molar-refractivity contribution in [2.24, 2.45) is 0 Å². The van der Waals surface area contributed by atoms with Gasteiger partial charge < -0.3 is 4.98 Å². The summed E-state index contributed by atoms with van der Waals surface area (Å²) in [6.45, 7) is 4.35. The maximum Gasteiger partial charge on any atom is 0.304 e. The average Bonchev–Trinajstić information content (AvgIpc) is 2.65. The Hall–Kier alpha value is -1.00. The van der Waals surface area contributed by atoms with Gasteiger partial charge in [-0.25, -0.2) is 0 Å². The second kappa shape index (κ2) is 4.89. The first-order valence-electron chi connectivity index (χ1n) is 5.10. The summed E-state index contributed by atoms with van der Waals surface area (Å²) in [6, 6.07) is 8.28. The summed E-state index contributed by atoms with van der Waals surface area (Å²) in [6.07, 6.45) is 0. The van der Waals surface area contributed by atoms with E-state index in [2.05, 4.69) is 31.0 Å². The first-order valence-corrected chi connectivity index (χ1v) is 6.86. The van der Waals surface area contributed by atoms with Crippen LogP contribution in [0.2, 0.25) is 0 Å². The third kappa shape index (κ3) is 2.77. The van der Waals surface area contributed by atoms with Crippen LogP contribution in [-0.4, -0.2) is 10.2 Å². The van der Waals surface area contributed by atoms with Crippen molar-refractivity contribution < 1.29 is 0 Å². The van der Waals surface area contributed by atoms with Crippen molar-refractivity contribution in [3.8, 4) is 11.3 Å². The Morgan fingerprint density at radius 1 is 1.25 bits per heavy atom. The van der Waals surface area contributed by atoms with Crippen LogP contribution in [0.5, 0.6) is 0 Å². The van der Waals surface area contributed by atoms with Gasteiger partial charge in [0.15, 0.2) is 0 Å². The molecule has 2 rings (SSSR count). The molecule has 2 aromatic rings. The normalized spacial score (nSPS) is 10.9. The first kappa shape index (κ1) is 11.5. The molecule has 2 nitrogen and oxygen atoms in total. The number of aromatic nitrogens is 1.